The van der Waals surface area contributed by atoms with Gasteiger partial charge in [0.15, 0.2) is 28.9 Å². The van der Waals surface area contributed by atoms with Crippen LogP contribution in [0.3, 0.4) is 0 Å². The van der Waals surface area contributed by atoms with Gasteiger partial charge in [-0.2, -0.15) is 0 Å². The SMILES string of the molecule is O=C(NC(F)(C(F)F)C1CC1)c1cn(-c2c(F)cc(F)cc2F)c2nc(N3CCNCC3)c(F)cc2c1=O. The Kier molecular flexibility index (Phi) is 6.53. The molecule has 2 fully saturated rings. The third-order valence-electron chi connectivity index (χ3n) is 6.59. The van der Waals surface area contributed by atoms with E-state index in [1.807, 2.05) is 0 Å². The number of hydrogen-bond donors (Lipinski definition) is 2. The van der Waals surface area contributed by atoms with Crippen LogP contribution in [0.15, 0.2) is 29.2 Å². The van der Waals surface area contributed by atoms with Crippen molar-refractivity contribution in [3.63, 3.8) is 0 Å². The Morgan fingerprint density at radius 2 is 1.68 bits per heavy atom. The molecule has 2 aromatic heterocycles. The minimum atomic E-state index is -3.63. The summed E-state index contributed by atoms with van der Waals surface area (Å²) in [6.07, 6.45) is -2.91. The maximum Gasteiger partial charge on any atom is 0.290 e. The molecule has 3 heterocycles. The molecule has 7 nitrogen and oxygen atoms in total. The lowest BCUT2D eigenvalue weighted by Gasteiger charge is -2.29. The number of halogens is 7. The smallest absolute Gasteiger partial charge is 0.290 e. The van der Waals surface area contributed by atoms with Crippen LogP contribution in [0.4, 0.5) is 36.6 Å². The number of carbonyl (C=O) groups is 1. The van der Waals surface area contributed by atoms with Gasteiger partial charge in [-0.15, -0.1) is 0 Å². The normalized spacial score (nSPS) is 17.6. The average molecular weight is 543 g/mol. The molecule has 1 saturated heterocycles. The van der Waals surface area contributed by atoms with Gasteiger partial charge >= 0.3 is 0 Å². The summed E-state index contributed by atoms with van der Waals surface area (Å²) in [5.74, 6) is -11.7. The van der Waals surface area contributed by atoms with Gasteiger partial charge in [0, 0.05) is 50.4 Å². The van der Waals surface area contributed by atoms with Crippen LogP contribution in [-0.4, -0.2) is 53.9 Å². The summed E-state index contributed by atoms with van der Waals surface area (Å²) >= 11 is 0. The number of aromatic nitrogens is 2. The van der Waals surface area contributed by atoms with E-state index in [0.717, 1.165) is 0 Å². The number of nitrogens with one attached hydrogen (secondary N) is 2. The van der Waals surface area contributed by atoms with Gasteiger partial charge in [0.05, 0.1) is 5.39 Å². The molecule has 1 atom stereocenters. The van der Waals surface area contributed by atoms with Crippen molar-refractivity contribution in [3.8, 4) is 5.69 Å². The standard InChI is InChI=1S/C24H20F7N5O2/c25-12-7-15(26)18(16(27)8-12)36-10-14(22(38)34-24(31,23(29)30)11-1-2-11)19(37)13-9-17(28)21(33-20(13)36)35-5-3-32-4-6-35/h7-11,23,32H,1-6H2,(H,34,38). The third-order valence-corrected chi connectivity index (χ3v) is 6.59. The van der Waals surface area contributed by atoms with Crippen LogP contribution in [-0.2, 0) is 0 Å². The van der Waals surface area contributed by atoms with Crippen LogP contribution in [0, 0.1) is 29.2 Å². The lowest BCUT2D eigenvalue weighted by molar-refractivity contribution is -0.0671. The van der Waals surface area contributed by atoms with Crippen LogP contribution in [0.1, 0.15) is 23.2 Å². The van der Waals surface area contributed by atoms with Gasteiger partial charge in [-0.1, -0.05) is 0 Å². The Bertz CT molecular complexity index is 1460. The van der Waals surface area contributed by atoms with Crippen LogP contribution in [0.5, 0.6) is 0 Å². The Morgan fingerprint density at radius 3 is 2.26 bits per heavy atom. The summed E-state index contributed by atoms with van der Waals surface area (Å²) < 4.78 is 101. The van der Waals surface area contributed by atoms with E-state index in [9.17, 15) is 35.9 Å². The first-order chi connectivity index (χ1) is 18.0. The van der Waals surface area contributed by atoms with Crippen molar-refractivity contribution < 1.29 is 35.5 Å². The number of alkyl halides is 3. The summed E-state index contributed by atoms with van der Waals surface area (Å²) in [6.45, 7) is 1.57. The zero-order chi connectivity index (χ0) is 27.4. The van der Waals surface area contributed by atoms with E-state index in [1.54, 1.807) is 0 Å². The molecule has 0 bridgehead atoms. The third kappa shape index (κ3) is 4.46. The lowest BCUT2D eigenvalue weighted by atomic mass is 10.1. The second-order valence-corrected chi connectivity index (χ2v) is 9.16. The monoisotopic (exact) mass is 543 g/mol. The number of rotatable bonds is 6. The number of hydrogen-bond acceptors (Lipinski definition) is 5. The quantitative estimate of drug-likeness (QED) is 0.368. The second-order valence-electron chi connectivity index (χ2n) is 9.16. The molecular weight excluding hydrogens is 523 g/mol. The number of pyridine rings is 2. The first kappa shape index (κ1) is 25.9. The first-order valence-electron chi connectivity index (χ1n) is 11.7. The molecule has 38 heavy (non-hydrogen) atoms. The summed E-state index contributed by atoms with van der Waals surface area (Å²) in [4.78, 5) is 31.7. The highest BCUT2D eigenvalue weighted by Gasteiger charge is 2.54. The summed E-state index contributed by atoms with van der Waals surface area (Å²) in [6, 6.07) is 1.37. The molecule has 1 unspecified atom stereocenters. The van der Waals surface area contributed by atoms with E-state index in [-0.39, 0.29) is 18.7 Å². The van der Waals surface area contributed by atoms with Crippen molar-refractivity contribution >= 4 is 22.8 Å². The number of carbonyl (C=O) groups excluding carboxylic acids is 1. The van der Waals surface area contributed by atoms with E-state index in [4.69, 9.17) is 0 Å². The highest BCUT2D eigenvalue weighted by atomic mass is 19.3. The van der Waals surface area contributed by atoms with Gasteiger partial charge < -0.3 is 15.5 Å². The van der Waals surface area contributed by atoms with Crippen molar-refractivity contribution in [2.75, 3.05) is 31.1 Å². The van der Waals surface area contributed by atoms with Crippen molar-refractivity contribution in [3.05, 3.63) is 63.5 Å². The van der Waals surface area contributed by atoms with Crippen molar-refractivity contribution in [1.82, 2.24) is 20.2 Å². The largest absolute Gasteiger partial charge is 0.352 e. The molecule has 202 valence electrons. The first-order valence-corrected chi connectivity index (χ1v) is 11.7. The summed E-state index contributed by atoms with van der Waals surface area (Å²) in [5, 5.41) is 3.95. The molecule has 14 heteroatoms. The predicted octanol–water partition coefficient (Wildman–Crippen LogP) is 3.42. The maximum absolute atomic E-state index is 15.1. The minimum Gasteiger partial charge on any atom is -0.352 e. The van der Waals surface area contributed by atoms with Crippen molar-refractivity contribution in [2.45, 2.75) is 25.1 Å². The molecule has 3 aromatic rings. The number of nitrogens with zero attached hydrogens (tertiary/aromatic N) is 3. The van der Waals surface area contributed by atoms with Crippen molar-refractivity contribution in [2.24, 2.45) is 5.92 Å². The van der Waals surface area contributed by atoms with Gasteiger partial charge in [0.2, 0.25) is 11.2 Å². The summed E-state index contributed by atoms with van der Waals surface area (Å²) in [5.41, 5.74) is -3.70. The molecule has 0 radical (unpaired) electrons. The highest BCUT2D eigenvalue weighted by molar-refractivity contribution is 5.97. The zero-order valence-electron chi connectivity index (χ0n) is 19.5. The van der Waals surface area contributed by atoms with Gasteiger partial charge in [0.1, 0.15) is 17.1 Å². The Labute approximate surface area is 210 Å². The molecule has 1 amide bonds. The fourth-order valence-corrected chi connectivity index (χ4v) is 4.49. The second kappa shape index (κ2) is 9.57. The van der Waals surface area contributed by atoms with Crippen LogP contribution in [0.25, 0.3) is 16.7 Å². The molecule has 5 rings (SSSR count). The zero-order valence-corrected chi connectivity index (χ0v) is 19.5. The van der Waals surface area contributed by atoms with Crippen LogP contribution >= 0.6 is 0 Å². The van der Waals surface area contributed by atoms with E-state index < -0.39 is 75.0 Å². The molecular formula is C24H20F7N5O2. The van der Waals surface area contributed by atoms with Gasteiger partial charge in [-0.25, -0.2) is 35.7 Å². The van der Waals surface area contributed by atoms with Crippen molar-refractivity contribution in [1.29, 1.82) is 0 Å². The molecule has 2 aliphatic rings. The van der Waals surface area contributed by atoms with E-state index in [0.29, 0.717) is 55.1 Å². The Hall–Kier alpha value is -3.68. The van der Waals surface area contributed by atoms with Gasteiger partial charge in [-0.3, -0.25) is 14.2 Å². The number of fused-ring (bicyclic) bond motifs is 1. The number of benzene rings is 1. The molecule has 2 N–H and O–H groups in total. The Morgan fingerprint density at radius 1 is 1.05 bits per heavy atom. The van der Waals surface area contributed by atoms with Crippen LogP contribution < -0.4 is 21.0 Å². The topological polar surface area (TPSA) is 79.3 Å². The fourth-order valence-electron chi connectivity index (χ4n) is 4.49. The average Bonchev–Trinajstić information content (AvgIpc) is 3.71. The molecule has 1 aliphatic carbocycles. The van der Waals surface area contributed by atoms with Gasteiger partial charge in [-0.05, 0) is 18.9 Å². The minimum absolute atomic E-state index is 0.0685. The molecule has 0 spiro atoms. The predicted molar refractivity (Wildman–Crippen MR) is 122 cm³/mol. The van der Waals surface area contributed by atoms with E-state index in [2.05, 4.69) is 10.3 Å². The summed E-state index contributed by atoms with van der Waals surface area (Å²) in [7, 11) is 0. The van der Waals surface area contributed by atoms with E-state index >= 15 is 4.39 Å². The lowest BCUT2D eigenvalue weighted by Crippen LogP contribution is -2.53. The maximum atomic E-state index is 15.1. The fraction of sp³-hybridized carbons (Fsp3) is 0.375. The van der Waals surface area contributed by atoms with Gasteiger partial charge in [0.25, 0.3) is 12.3 Å². The number of piperazine rings is 1. The van der Waals surface area contributed by atoms with E-state index in [1.165, 1.54) is 10.2 Å². The molecule has 1 saturated carbocycles. The van der Waals surface area contributed by atoms with Crippen LogP contribution in [0.2, 0.25) is 0 Å². The number of amides is 1. The molecule has 1 aliphatic heterocycles. The number of anilines is 1. The Balaban J connectivity index is 1.74. The highest BCUT2D eigenvalue weighted by Crippen LogP contribution is 2.44. The molecule has 1 aromatic carbocycles.